The van der Waals surface area contributed by atoms with Crippen molar-refractivity contribution in [2.75, 3.05) is 17.6 Å². The number of rotatable bonds is 5. The number of nitrogens with one attached hydrogen (secondary N) is 1. The summed E-state index contributed by atoms with van der Waals surface area (Å²) >= 11 is 0. The maximum Gasteiger partial charge on any atom is 0.123 e. The molecular weight excluding hydrogens is 252 g/mol. The molecule has 2 rings (SSSR count). The first-order chi connectivity index (χ1) is 9.54. The lowest BCUT2D eigenvalue weighted by molar-refractivity contribution is 0.0763. The van der Waals surface area contributed by atoms with Crippen LogP contribution in [0.5, 0.6) is 5.75 Å². The number of hydrogen-bond donors (Lipinski definition) is 3. The molecule has 0 aromatic heterocycles. The van der Waals surface area contributed by atoms with Crippen LogP contribution in [0, 0.1) is 5.92 Å². The summed E-state index contributed by atoms with van der Waals surface area (Å²) < 4.78 is 5.68. The normalized spacial score (nSPS) is 22.8. The quantitative estimate of drug-likeness (QED) is 0.724. The second-order valence-electron chi connectivity index (χ2n) is 5.95. The van der Waals surface area contributed by atoms with Gasteiger partial charge in [0.2, 0.25) is 0 Å². The van der Waals surface area contributed by atoms with E-state index in [0.717, 1.165) is 37.2 Å². The van der Waals surface area contributed by atoms with Gasteiger partial charge in [-0.1, -0.05) is 12.8 Å². The monoisotopic (exact) mass is 278 g/mol. The predicted molar refractivity (Wildman–Crippen MR) is 83.1 cm³/mol. The average Bonchev–Trinajstić information content (AvgIpc) is 2.36. The largest absolute Gasteiger partial charge is 0.491 e. The lowest BCUT2D eigenvalue weighted by Crippen LogP contribution is -2.30. The van der Waals surface area contributed by atoms with Crippen molar-refractivity contribution in [3.05, 3.63) is 18.2 Å². The van der Waals surface area contributed by atoms with E-state index in [1.807, 2.05) is 32.0 Å². The van der Waals surface area contributed by atoms with Crippen molar-refractivity contribution < 1.29 is 9.84 Å². The fourth-order valence-electron chi connectivity index (χ4n) is 2.74. The second-order valence-corrected chi connectivity index (χ2v) is 5.95. The standard InChI is InChI=1S/C16H26N2O2/c1-11(2)20-15-8-13(17)7-14(9-15)18-10-12-5-3-4-6-16(12)19/h7-9,11-12,16,18-19H,3-6,10,17H2,1-2H3. The Morgan fingerprint density at radius 2 is 2.05 bits per heavy atom. The topological polar surface area (TPSA) is 67.5 Å². The van der Waals surface area contributed by atoms with Crippen LogP contribution < -0.4 is 15.8 Å². The predicted octanol–water partition coefficient (Wildman–Crippen LogP) is 3.02. The summed E-state index contributed by atoms with van der Waals surface area (Å²) in [5.74, 6) is 1.12. The molecule has 1 aliphatic rings. The van der Waals surface area contributed by atoms with E-state index >= 15 is 0 Å². The fraction of sp³-hybridized carbons (Fsp3) is 0.625. The van der Waals surface area contributed by atoms with E-state index in [9.17, 15) is 5.11 Å². The number of hydrogen-bond acceptors (Lipinski definition) is 4. The molecule has 4 heteroatoms. The SMILES string of the molecule is CC(C)Oc1cc(N)cc(NCC2CCCCC2O)c1. The molecule has 20 heavy (non-hydrogen) atoms. The van der Waals surface area contributed by atoms with Gasteiger partial charge in [-0.15, -0.1) is 0 Å². The molecule has 0 amide bonds. The molecule has 1 aromatic carbocycles. The van der Waals surface area contributed by atoms with Crippen molar-refractivity contribution in [3.8, 4) is 5.75 Å². The zero-order valence-electron chi connectivity index (χ0n) is 12.4. The van der Waals surface area contributed by atoms with Gasteiger partial charge in [0.15, 0.2) is 0 Å². The third kappa shape index (κ3) is 4.30. The highest BCUT2D eigenvalue weighted by molar-refractivity contribution is 5.59. The third-order valence-corrected chi connectivity index (χ3v) is 3.74. The highest BCUT2D eigenvalue weighted by Crippen LogP contribution is 2.27. The van der Waals surface area contributed by atoms with Crippen molar-refractivity contribution in [2.24, 2.45) is 5.92 Å². The zero-order chi connectivity index (χ0) is 14.5. The van der Waals surface area contributed by atoms with Crippen LogP contribution in [0.4, 0.5) is 11.4 Å². The number of benzene rings is 1. The Balaban J connectivity index is 1.96. The minimum atomic E-state index is -0.177. The van der Waals surface area contributed by atoms with Gasteiger partial charge in [-0.2, -0.15) is 0 Å². The smallest absolute Gasteiger partial charge is 0.123 e. The van der Waals surface area contributed by atoms with Crippen LogP contribution in [-0.4, -0.2) is 23.9 Å². The molecule has 4 nitrogen and oxygen atoms in total. The molecule has 112 valence electrons. The Kier molecular flexibility index (Phi) is 5.12. The Bertz CT molecular complexity index is 434. The van der Waals surface area contributed by atoms with Crippen molar-refractivity contribution in [2.45, 2.75) is 51.7 Å². The fourth-order valence-corrected chi connectivity index (χ4v) is 2.74. The minimum absolute atomic E-state index is 0.129. The molecule has 1 fully saturated rings. The molecule has 1 aromatic rings. The summed E-state index contributed by atoms with van der Waals surface area (Å²) in [5, 5.41) is 13.4. The maximum atomic E-state index is 9.99. The minimum Gasteiger partial charge on any atom is -0.491 e. The summed E-state index contributed by atoms with van der Waals surface area (Å²) in [6.07, 6.45) is 4.31. The van der Waals surface area contributed by atoms with E-state index < -0.39 is 0 Å². The van der Waals surface area contributed by atoms with Crippen LogP contribution in [0.3, 0.4) is 0 Å². The second kappa shape index (κ2) is 6.84. The lowest BCUT2D eigenvalue weighted by Gasteiger charge is -2.28. The number of ether oxygens (including phenoxy) is 1. The van der Waals surface area contributed by atoms with Crippen molar-refractivity contribution in [1.29, 1.82) is 0 Å². The summed E-state index contributed by atoms with van der Waals surface area (Å²) in [6, 6.07) is 5.70. The molecule has 0 saturated heterocycles. The van der Waals surface area contributed by atoms with Crippen molar-refractivity contribution in [1.82, 2.24) is 0 Å². The number of nitrogen functional groups attached to an aromatic ring is 1. The number of aliphatic hydroxyl groups excluding tert-OH is 1. The van der Waals surface area contributed by atoms with Gasteiger partial charge >= 0.3 is 0 Å². The molecule has 0 heterocycles. The first-order valence-corrected chi connectivity index (χ1v) is 7.54. The molecule has 0 aliphatic heterocycles. The Morgan fingerprint density at radius 1 is 1.30 bits per heavy atom. The first-order valence-electron chi connectivity index (χ1n) is 7.54. The van der Waals surface area contributed by atoms with Gasteiger partial charge in [-0.05, 0) is 32.8 Å². The van der Waals surface area contributed by atoms with Crippen LogP contribution in [0.15, 0.2) is 18.2 Å². The third-order valence-electron chi connectivity index (χ3n) is 3.74. The van der Waals surface area contributed by atoms with Crippen molar-refractivity contribution in [3.63, 3.8) is 0 Å². The van der Waals surface area contributed by atoms with E-state index in [0.29, 0.717) is 11.6 Å². The summed E-state index contributed by atoms with van der Waals surface area (Å²) in [7, 11) is 0. The molecule has 2 atom stereocenters. The van der Waals surface area contributed by atoms with Gasteiger partial charge in [-0.25, -0.2) is 0 Å². The van der Waals surface area contributed by atoms with E-state index in [4.69, 9.17) is 10.5 Å². The molecule has 0 bridgehead atoms. The van der Waals surface area contributed by atoms with E-state index in [-0.39, 0.29) is 12.2 Å². The molecular formula is C16H26N2O2. The maximum absolute atomic E-state index is 9.99. The summed E-state index contributed by atoms with van der Waals surface area (Å²) in [4.78, 5) is 0. The van der Waals surface area contributed by atoms with Crippen molar-refractivity contribution >= 4 is 11.4 Å². The summed E-state index contributed by atoms with van der Waals surface area (Å²) in [5.41, 5.74) is 7.55. The van der Waals surface area contributed by atoms with Crippen LogP contribution in [0.1, 0.15) is 39.5 Å². The van der Waals surface area contributed by atoms with Crippen LogP contribution in [0.2, 0.25) is 0 Å². The van der Waals surface area contributed by atoms with Crippen LogP contribution >= 0.6 is 0 Å². The van der Waals surface area contributed by atoms with Gasteiger partial charge in [0.05, 0.1) is 12.2 Å². The molecule has 1 aliphatic carbocycles. The Labute approximate surface area is 121 Å². The Hall–Kier alpha value is -1.42. The van der Waals surface area contributed by atoms with E-state index in [2.05, 4.69) is 5.32 Å². The number of anilines is 2. The number of nitrogens with two attached hydrogens (primary N) is 1. The van der Waals surface area contributed by atoms with Crippen LogP contribution in [0.25, 0.3) is 0 Å². The number of aliphatic hydroxyl groups is 1. The average molecular weight is 278 g/mol. The highest BCUT2D eigenvalue weighted by Gasteiger charge is 2.22. The molecule has 2 unspecified atom stereocenters. The van der Waals surface area contributed by atoms with Gasteiger partial charge in [0.1, 0.15) is 5.75 Å². The lowest BCUT2D eigenvalue weighted by atomic mass is 9.86. The highest BCUT2D eigenvalue weighted by atomic mass is 16.5. The molecule has 4 N–H and O–H groups in total. The molecule has 0 radical (unpaired) electrons. The first kappa shape index (κ1) is 15.0. The van der Waals surface area contributed by atoms with Gasteiger partial charge in [-0.3, -0.25) is 0 Å². The molecule has 1 saturated carbocycles. The zero-order valence-corrected chi connectivity index (χ0v) is 12.4. The Morgan fingerprint density at radius 3 is 2.75 bits per heavy atom. The van der Waals surface area contributed by atoms with Gasteiger partial charge in [0, 0.05) is 36.0 Å². The summed E-state index contributed by atoms with van der Waals surface area (Å²) in [6.45, 7) is 4.77. The van der Waals surface area contributed by atoms with E-state index in [1.54, 1.807) is 0 Å². The van der Waals surface area contributed by atoms with Gasteiger partial charge < -0.3 is 20.9 Å². The van der Waals surface area contributed by atoms with E-state index in [1.165, 1.54) is 6.42 Å². The molecule has 0 spiro atoms. The van der Waals surface area contributed by atoms with Gasteiger partial charge in [0.25, 0.3) is 0 Å². The van der Waals surface area contributed by atoms with Crippen LogP contribution in [-0.2, 0) is 0 Å².